The van der Waals surface area contributed by atoms with Crippen molar-refractivity contribution in [2.45, 2.75) is 31.8 Å². The molecule has 0 saturated carbocycles. The number of carbonyl (C=O) groups excluding carboxylic acids is 1. The Labute approximate surface area is 155 Å². The summed E-state index contributed by atoms with van der Waals surface area (Å²) < 4.78 is 31.7. The van der Waals surface area contributed by atoms with E-state index in [4.69, 9.17) is 4.74 Å². The summed E-state index contributed by atoms with van der Waals surface area (Å²) in [6.07, 6.45) is 4.61. The summed E-state index contributed by atoms with van der Waals surface area (Å²) in [6, 6.07) is 3.21. The van der Waals surface area contributed by atoms with Gasteiger partial charge in [0.25, 0.3) is 5.91 Å². The molecule has 0 bridgehead atoms. The van der Waals surface area contributed by atoms with Gasteiger partial charge in [0.05, 0.1) is 11.7 Å². The van der Waals surface area contributed by atoms with E-state index in [-0.39, 0.29) is 24.3 Å². The van der Waals surface area contributed by atoms with Crippen LogP contribution in [0.25, 0.3) is 0 Å². The average Bonchev–Trinajstić information content (AvgIpc) is 3.21. The molecule has 0 radical (unpaired) electrons. The van der Waals surface area contributed by atoms with E-state index in [0.717, 1.165) is 48.6 Å². The van der Waals surface area contributed by atoms with E-state index < -0.39 is 11.6 Å². The van der Waals surface area contributed by atoms with E-state index in [0.29, 0.717) is 19.5 Å². The van der Waals surface area contributed by atoms with Crippen molar-refractivity contribution in [2.24, 2.45) is 0 Å². The number of hydrogen-bond acceptors (Lipinski definition) is 5. The van der Waals surface area contributed by atoms with Gasteiger partial charge in [-0.25, -0.2) is 18.7 Å². The van der Waals surface area contributed by atoms with Crippen LogP contribution in [0.3, 0.4) is 0 Å². The standard InChI is InChI=1S/C19H20F2N4O2/c20-13-3-4-17(14(21)8-13)27-11-18(26)25-7-5-15-12(10-25)9-23-19(24-15)16-2-1-6-22-16/h3-4,8-9,16,22H,1-2,5-7,10-11H2/t16-/m0/s1. The van der Waals surface area contributed by atoms with Gasteiger partial charge in [-0.05, 0) is 31.5 Å². The van der Waals surface area contributed by atoms with Crippen LogP contribution in [-0.2, 0) is 17.8 Å². The summed E-state index contributed by atoms with van der Waals surface area (Å²) >= 11 is 0. The Hall–Kier alpha value is -2.61. The van der Waals surface area contributed by atoms with Crippen LogP contribution in [0.2, 0.25) is 0 Å². The Morgan fingerprint density at radius 1 is 1.37 bits per heavy atom. The Morgan fingerprint density at radius 3 is 3.04 bits per heavy atom. The first-order valence-corrected chi connectivity index (χ1v) is 9.04. The Bertz CT molecular complexity index is 856. The van der Waals surface area contributed by atoms with Crippen LogP contribution in [0.1, 0.15) is 36.0 Å². The molecule has 1 N–H and O–H groups in total. The molecule has 142 valence electrons. The fourth-order valence-electron chi connectivity index (χ4n) is 3.44. The summed E-state index contributed by atoms with van der Waals surface area (Å²) in [4.78, 5) is 23.2. The van der Waals surface area contributed by atoms with E-state index in [1.807, 2.05) is 0 Å². The molecular formula is C19H20F2N4O2. The van der Waals surface area contributed by atoms with Gasteiger partial charge in [0.1, 0.15) is 11.6 Å². The molecule has 0 aliphatic carbocycles. The van der Waals surface area contributed by atoms with Gasteiger partial charge in [-0.1, -0.05) is 0 Å². The van der Waals surface area contributed by atoms with Crippen molar-refractivity contribution in [3.8, 4) is 5.75 Å². The maximum Gasteiger partial charge on any atom is 0.260 e. The lowest BCUT2D eigenvalue weighted by atomic mass is 10.1. The Kier molecular flexibility index (Phi) is 4.98. The van der Waals surface area contributed by atoms with Crippen molar-refractivity contribution in [2.75, 3.05) is 19.7 Å². The van der Waals surface area contributed by atoms with E-state index in [1.54, 1.807) is 11.1 Å². The number of nitrogens with one attached hydrogen (secondary N) is 1. The molecule has 2 aromatic rings. The quantitative estimate of drug-likeness (QED) is 0.888. The number of aromatic nitrogens is 2. The highest BCUT2D eigenvalue weighted by atomic mass is 19.1. The van der Waals surface area contributed by atoms with Crippen LogP contribution in [-0.4, -0.2) is 40.5 Å². The number of ether oxygens (including phenoxy) is 1. The summed E-state index contributed by atoms with van der Waals surface area (Å²) in [5, 5.41) is 3.39. The molecule has 2 aliphatic heterocycles. The summed E-state index contributed by atoms with van der Waals surface area (Å²) in [6.45, 7) is 1.61. The van der Waals surface area contributed by atoms with Crippen molar-refractivity contribution in [1.82, 2.24) is 20.2 Å². The van der Waals surface area contributed by atoms with Crippen LogP contribution in [0.4, 0.5) is 8.78 Å². The third kappa shape index (κ3) is 3.90. The fraction of sp³-hybridized carbons (Fsp3) is 0.421. The third-order valence-corrected chi connectivity index (χ3v) is 4.92. The second-order valence-electron chi connectivity index (χ2n) is 6.78. The second kappa shape index (κ2) is 7.56. The third-order valence-electron chi connectivity index (χ3n) is 4.92. The van der Waals surface area contributed by atoms with Crippen molar-refractivity contribution < 1.29 is 18.3 Å². The molecule has 3 heterocycles. The van der Waals surface area contributed by atoms with Gasteiger partial charge < -0.3 is 15.0 Å². The van der Waals surface area contributed by atoms with E-state index >= 15 is 0 Å². The van der Waals surface area contributed by atoms with Gasteiger partial charge >= 0.3 is 0 Å². The van der Waals surface area contributed by atoms with Crippen molar-refractivity contribution in [3.63, 3.8) is 0 Å². The monoisotopic (exact) mass is 374 g/mol. The molecule has 0 spiro atoms. The molecule has 6 nitrogen and oxygen atoms in total. The highest BCUT2D eigenvalue weighted by Crippen LogP contribution is 2.23. The van der Waals surface area contributed by atoms with Gasteiger partial charge in [0, 0.05) is 37.3 Å². The van der Waals surface area contributed by atoms with Gasteiger partial charge in [0.15, 0.2) is 18.2 Å². The minimum absolute atomic E-state index is 0.140. The Morgan fingerprint density at radius 2 is 2.26 bits per heavy atom. The number of fused-ring (bicyclic) bond motifs is 1. The van der Waals surface area contributed by atoms with Crippen LogP contribution in [0.5, 0.6) is 5.75 Å². The predicted molar refractivity (Wildman–Crippen MR) is 93.0 cm³/mol. The topological polar surface area (TPSA) is 67.3 Å². The number of carbonyl (C=O) groups is 1. The summed E-state index contributed by atoms with van der Waals surface area (Å²) in [7, 11) is 0. The molecule has 4 rings (SSSR count). The average molecular weight is 374 g/mol. The summed E-state index contributed by atoms with van der Waals surface area (Å²) in [5.74, 6) is -1.09. The van der Waals surface area contributed by atoms with E-state index in [1.165, 1.54) is 6.07 Å². The molecule has 1 saturated heterocycles. The zero-order valence-corrected chi connectivity index (χ0v) is 14.8. The lowest BCUT2D eigenvalue weighted by Crippen LogP contribution is -2.39. The minimum Gasteiger partial charge on any atom is -0.481 e. The minimum atomic E-state index is -0.826. The van der Waals surface area contributed by atoms with Crippen LogP contribution in [0, 0.1) is 11.6 Å². The predicted octanol–water partition coefficient (Wildman–Crippen LogP) is 2.14. The van der Waals surface area contributed by atoms with Crippen LogP contribution < -0.4 is 10.1 Å². The number of amides is 1. The molecular weight excluding hydrogens is 354 g/mol. The largest absolute Gasteiger partial charge is 0.481 e. The normalized spacial score (nSPS) is 19.0. The van der Waals surface area contributed by atoms with Gasteiger partial charge in [-0.3, -0.25) is 4.79 Å². The summed E-state index contributed by atoms with van der Waals surface area (Å²) in [5.41, 5.74) is 1.90. The van der Waals surface area contributed by atoms with Crippen molar-refractivity contribution in [1.29, 1.82) is 0 Å². The molecule has 1 aromatic heterocycles. The maximum absolute atomic E-state index is 13.6. The molecule has 27 heavy (non-hydrogen) atoms. The maximum atomic E-state index is 13.6. The highest BCUT2D eigenvalue weighted by molar-refractivity contribution is 5.78. The lowest BCUT2D eigenvalue weighted by Gasteiger charge is -2.28. The molecule has 1 amide bonds. The SMILES string of the molecule is O=C(COc1ccc(F)cc1F)N1CCc2nc([C@@H]3CCCN3)ncc2C1. The molecule has 1 atom stereocenters. The van der Waals surface area contributed by atoms with E-state index in [2.05, 4.69) is 15.3 Å². The number of halogens is 2. The first-order valence-electron chi connectivity index (χ1n) is 9.04. The first-order chi connectivity index (χ1) is 13.1. The number of nitrogens with zero attached hydrogens (tertiary/aromatic N) is 3. The van der Waals surface area contributed by atoms with Crippen LogP contribution in [0.15, 0.2) is 24.4 Å². The van der Waals surface area contributed by atoms with Crippen molar-refractivity contribution >= 4 is 5.91 Å². The highest BCUT2D eigenvalue weighted by Gasteiger charge is 2.25. The molecule has 1 aromatic carbocycles. The van der Waals surface area contributed by atoms with Gasteiger partial charge in [-0.15, -0.1) is 0 Å². The zero-order chi connectivity index (χ0) is 18.8. The number of benzene rings is 1. The second-order valence-corrected chi connectivity index (χ2v) is 6.78. The number of hydrogen-bond donors (Lipinski definition) is 1. The molecule has 1 fully saturated rings. The first kappa shape index (κ1) is 17.8. The fourth-order valence-corrected chi connectivity index (χ4v) is 3.44. The smallest absolute Gasteiger partial charge is 0.260 e. The molecule has 8 heteroatoms. The van der Waals surface area contributed by atoms with E-state index in [9.17, 15) is 13.6 Å². The van der Waals surface area contributed by atoms with Gasteiger partial charge in [-0.2, -0.15) is 0 Å². The number of rotatable bonds is 4. The molecule has 2 aliphatic rings. The Balaban J connectivity index is 1.37. The molecule has 0 unspecified atom stereocenters. The lowest BCUT2D eigenvalue weighted by molar-refractivity contribution is -0.134. The van der Waals surface area contributed by atoms with Crippen LogP contribution >= 0.6 is 0 Å². The van der Waals surface area contributed by atoms with Crippen molar-refractivity contribution in [3.05, 3.63) is 53.1 Å². The van der Waals surface area contributed by atoms with Gasteiger partial charge in [0.2, 0.25) is 0 Å². The zero-order valence-electron chi connectivity index (χ0n) is 14.8.